The Bertz CT molecular complexity index is 615. The Kier molecular flexibility index (Phi) is 5.78. The second kappa shape index (κ2) is 7.81. The topological polar surface area (TPSA) is 79.0 Å². The van der Waals surface area contributed by atoms with Crippen LogP contribution in [0.1, 0.15) is 13.3 Å². The molecule has 1 saturated heterocycles. The number of rotatable bonds is 6. The molecule has 24 heavy (non-hydrogen) atoms. The lowest BCUT2D eigenvalue weighted by molar-refractivity contribution is -0.139. The number of amides is 3. The lowest BCUT2D eigenvalue weighted by Gasteiger charge is -2.23. The maximum Gasteiger partial charge on any atom is 0.239 e. The van der Waals surface area contributed by atoms with Crippen molar-refractivity contribution in [2.75, 3.05) is 38.7 Å². The van der Waals surface area contributed by atoms with Crippen LogP contribution in [0.2, 0.25) is 0 Å². The van der Waals surface area contributed by atoms with Crippen LogP contribution in [0.5, 0.6) is 5.75 Å². The van der Waals surface area contributed by atoms with Crippen molar-refractivity contribution in [2.24, 2.45) is 5.92 Å². The average Bonchev–Trinajstić information content (AvgIpc) is 3.00. The second-order valence-electron chi connectivity index (χ2n) is 5.63. The zero-order valence-electron chi connectivity index (χ0n) is 14.2. The smallest absolute Gasteiger partial charge is 0.239 e. The number of carbonyl (C=O) groups excluding carboxylic acids is 3. The van der Waals surface area contributed by atoms with Gasteiger partial charge in [-0.2, -0.15) is 0 Å². The van der Waals surface area contributed by atoms with E-state index in [1.807, 2.05) is 6.92 Å². The van der Waals surface area contributed by atoms with E-state index in [0.29, 0.717) is 18.8 Å². The first-order chi connectivity index (χ1) is 11.5. The molecule has 1 heterocycles. The zero-order chi connectivity index (χ0) is 17.7. The number of hydrogen-bond donors (Lipinski definition) is 1. The summed E-state index contributed by atoms with van der Waals surface area (Å²) in [5, 5.41) is 2.51. The Labute approximate surface area is 141 Å². The Hall–Kier alpha value is -2.57. The number of anilines is 1. The van der Waals surface area contributed by atoms with E-state index in [4.69, 9.17) is 4.74 Å². The van der Waals surface area contributed by atoms with Gasteiger partial charge in [-0.1, -0.05) is 0 Å². The zero-order valence-corrected chi connectivity index (χ0v) is 14.2. The van der Waals surface area contributed by atoms with Gasteiger partial charge in [0.25, 0.3) is 0 Å². The lowest BCUT2D eigenvalue weighted by atomic mass is 10.1. The van der Waals surface area contributed by atoms with Crippen LogP contribution in [-0.4, -0.2) is 56.4 Å². The molecule has 1 aliphatic rings. The molecular weight excluding hydrogens is 310 g/mol. The molecule has 0 spiro atoms. The highest BCUT2D eigenvalue weighted by atomic mass is 16.5. The highest BCUT2D eigenvalue weighted by Crippen LogP contribution is 2.27. The van der Waals surface area contributed by atoms with Crippen LogP contribution in [0, 0.1) is 5.92 Å². The summed E-state index contributed by atoms with van der Waals surface area (Å²) in [6.45, 7) is 2.59. The summed E-state index contributed by atoms with van der Waals surface area (Å²) in [7, 11) is 3.11. The number of ether oxygens (including phenoxy) is 1. The molecular formula is C17H23N3O4. The van der Waals surface area contributed by atoms with Crippen LogP contribution in [0.3, 0.4) is 0 Å². The third-order valence-electron chi connectivity index (χ3n) is 4.17. The summed E-state index contributed by atoms with van der Waals surface area (Å²) in [4.78, 5) is 39.5. The van der Waals surface area contributed by atoms with E-state index >= 15 is 0 Å². The lowest BCUT2D eigenvalue weighted by Crippen LogP contribution is -2.43. The molecule has 0 unspecified atom stereocenters. The van der Waals surface area contributed by atoms with E-state index < -0.39 is 5.92 Å². The Balaban J connectivity index is 2.07. The summed E-state index contributed by atoms with van der Waals surface area (Å²) >= 11 is 0. The predicted octanol–water partition coefficient (Wildman–Crippen LogP) is 0.643. The summed E-state index contributed by atoms with van der Waals surface area (Å²) in [6.07, 6.45) is 0.162. The quantitative estimate of drug-likeness (QED) is 0.829. The molecule has 0 aliphatic carbocycles. The fourth-order valence-electron chi connectivity index (χ4n) is 2.74. The van der Waals surface area contributed by atoms with Crippen LogP contribution >= 0.6 is 0 Å². The first-order valence-corrected chi connectivity index (χ1v) is 7.94. The molecule has 7 nitrogen and oxygen atoms in total. The number of carbonyl (C=O) groups is 3. The summed E-state index contributed by atoms with van der Waals surface area (Å²) < 4.78 is 5.11. The molecule has 7 heteroatoms. The van der Waals surface area contributed by atoms with Crippen molar-refractivity contribution in [3.05, 3.63) is 24.3 Å². The third kappa shape index (κ3) is 3.84. The minimum absolute atomic E-state index is 0.0130. The Morgan fingerprint density at radius 3 is 2.54 bits per heavy atom. The number of benzene rings is 1. The largest absolute Gasteiger partial charge is 0.497 e. The normalized spacial score (nSPS) is 16.9. The van der Waals surface area contributed by atoms with E-state index in [1.165, 1.54) is 11.9 Å². The molecule has 0 aromatic heterocycles. The van der Waals surface area contributed by atoms with Crippen molar-refractivity contribution in [1.82, 2.24) is 10.2 Å². The number of hydrogen-bond acceptors (Lipinski definition) is 4. The van der Waals surface area contributed by atoms with E-state index in [1.54, 1.807) is 36.3 Å². The van der Waals surface area contributed by atoms with E-state index in [2.05, 4.69) is 5.32 Å². The highest BCUT2D eigenvalue weighted by molar-refractivity contribution is 6.00. The van der Waals surface area contributed by atoms with Crippen molar-refractivity contribution in [3.63, 3.8) is 0 Å². The van der Waals surface area contributed by atoms with Gasteiger partial charge in [0.2, 0.25) is 17.7 Å². The van der Waals surface area contributed by atoms with Crippen LogP contribution in [0.25, 0.3) is 0 Å². The molecule has 1 aliphatic heterocycles. The average molecular weight is 333 g/mol. The van der Waals surface area contributed by atoms with Crippen molar-refractivity contribution >= 4 is 23.4 Å². The summed E-state index contributed by atoms with van der Waals surface area (Å²) in [5.41, 5.74) is 0.741. The van der Waals surface area contributed by atoms with Crippen molar-refractivity contribution in [2.45, 2.75) is 13.3 Å². The third-order valence-corrected chi connectivity index (χ3v) is 4.17. The molecule has 0 bridgehead atoms. The van der Waals surface area contributed by atoms with Crippen molar-refractivity contribution in [3.8, 4) is 5.75 Å². The number of likely N-dealkylation sites (N-methyl/N-ethyl adjacent to an activating group) is 2. The Morgan fingerprint density at radius 2 is 2.00 bits per heavy atom. The van der Waals surface area contributed by atoms with E-state index in [9.17, 15) is 14.4 Å². The molecule has 0 radical (unpaired) electrons. The minimum atomic E-state index is -0.427. The molecule has 1 atom stereocenters. The molecule has 0 saturated carbocycles. The van der Waals surface area contributed by atoms with Gasteiger partial charge < -0.3 is 19.9 Å². The van der Waals surface area contributed by atoms with Crippen molar-refractivity contribution in [1.29, 1.82) is 0 Å². The van der Waals surface area contributed by atoms with Gasteiger partial charge in [0.05, 0.1) is 19.6 Å². The van der Waals surface area contributed by atoms with Gasteiger partial charge in [0.15, 0.2) is 0 Å². The van der Waals surface area contributed by atoms with E-state index in [-0.39, 0.29) is 30.7 Å². The molecule has 1 N–H and O–H groups in total. The fraction of sp³-hybridized carbons (Fsp3) is 0.471. The van der Waals surface area contributed by atoms with Crippen LogP contribution in [-0.2, 0) is 14.4 Å². The maximum atomic E-state index is 12.6. The highest BCUT2D eigenvalue weighted by Gasteiger charge is 2.37. The fourth-order valence-corrected chi connectivity index (χ4v) is 2.74. The first-order valence-electron chi connectivity index (χ1n) is 7.94. The van der Waals surface area contributed by atoms with Gasteiger partial charge in [-0.25, -0.2) is 0 Å². The SMILES string of the molecule is CCN(CC(=O)NC)C(=O)[C@@H]1CC(=O)N(c2ccc(OC)cc2)C1. The van der Waals surface area contributed by atoms with Crippen molar-refractivity contribution < 1.29 is 19.1 Å². The van der Waals surface area contributed by atoms with Crippen LogP contribution in [0.15, 0.2) is 24.3 Å². The van der Waals surface area contributed by atoms with Crippen LogP contribution in [0.4, 0.5) is 5.69 Å². The molecule has 2 rings (SSSR count). The second-order valence-corrected chi connectivity index (χ2v) is 5.63. The number of nitrogens with zero attached hydrogens (tertiary/aromatic N) is 2. The maximum absolute atomic E-state index is 12.6. The standard InChI is InChI=1S/C17H23N3O4/c1-4-19(11-15(21)18-2)17(23)12-9-16(22)20(10-12)13-5-7-14(24-3)8-6-13/h5-8,12H,4,9-11H2,1-3H3,(H,18,21)/t12-/m1/s1. The summed E-state index contributed by atoms with van der Waals surface area (Å²) in [6, 6.07) is 7.15. The molecule has 1 fully saturated rings. The van der Waals surface area contributed by atoms with Gasteiger partial charge in [-0.05, 0) is 31.2 Å². The predicted molar refractivity (Wildman–Crippen MR) is 89.8 cm³/mol. The van der Waals surface area contributed by atoms with Crippen LogP contribution < -0.4 is 15.0 Å². The first kappa shape index (κ1) is 17.8. The molecule has 1 aromatic carbocycles. The molecule has 130 valence electrons. The monoisotopic (exact) mass is 333 g/mol. The van der Waals surface area contributed by atoms with E-state index in [0.717, 1.165) is 5.69 Å². The van der Waals surface area contributed by atoms with Gasteiger partial charge in [-0.3, -0.25) is 14.4 Å². The van der Waals surface area contributed by atoms with Gasteiger partial charge in [-0.15, -0.1) is 0 Å². The summed E-state index contributed by atoms with van der Waals surface area (Å²) in [5.74, 6) is -0.188. The number of methoxy groups -OCH3 is 1. The van der Waals surface area contributed by atoms with Gasteiger partial charge in [0, 0.05) is 32.2 Å². The Morgan fingerprint density at radius 1 is 1.33 bits per heavy atom. The molecule has 3 amide bonds. The molecule has 1 aromatic rings. The minimum Gasteiger partial charge on any atom is -0.497 e. The number of nitrogens with one attached hydrogen (secondary N) is 1. The van der Waals surface area contributed by atoms with Gasteiger partial charge >= 0.3 is 0 Å². The van der Waals surface area contributed by atoms with Gasteiger partial charge in [0.1, 0.15) is 5.75 Å².